The molecule has 5 nitrogen and oxygen atoms in total. The van der Waals surface area contributed by atoms with Crippen LogP contribution in [0.3, 0.4) is 0 Å². The summed E-state index contributed by atoms with van der Waals surface area (Å²) in [5.41, 5.74) is 6.85. The van der Waals surface area contributed by atoms with Crippen molar-refractivity contribution in [2.45, 2.75) is 6.42 Å². The van der Waals surface area contributed by atoms with E-state index < -0.39 is 0 Å². The number of benzene rings is 1. The summed E-state index contributed by atoms with van der Waals surface area (Å²) in [6, 6.07) is 13.1. The third kappa shape index (κ3) is 3.28. The van der Waals surface area contributed by atoms with Crippen molar-refractivity contribution in [1.82, 2.24) is 15.5 Å². The molecule has 3 N–H and O–H groups in total. The third-order valence-electron chi connectivity index (χ3n) is 2.46. The number of carbonyl (C=O) groups excluding carboxylic acids is 1. The van der Waals surface area contributed by atoms with E-state index in [2.05, 4.69) is 15.5 Å². The molecule has 0 unspecified atom stereocenters. The number of amides is 1. The molecule has 0 aliphatic rings. The highest BCUT2D eigenvalue weighted by atomic mass is 16.1. The highest BCUT2D eigenvalue weighted by Gasteiger charge is 2.06. The third-order valence-corrected chi connectivity index (χ3v) is 2.46. The molecule has 2 rings (SSSR count). The van der Waals surface area contributed by atoms with Gasteiger partial charge in [0.15, 0.2) is 5.69 Å². The fourth-order valence-corrected chi connectivity index (χ4v) is 1.52. The highest BCUT2D eigenvalue weighted by molar-refractivity contribution is 5.92. The standard InChI is InChI=1S/C13H14N4O/c14-12-7-6-11(16-17-12)13(18)15-9-8-10-4-2-1-3-5-10/h1-7H,8-9H2,(H2,14,17)(H,15,18). The van der Waals surface area contributed by atoms with Gasteiger partial charge in [-0.25, -0.2) is 0 Å². The summed E-state index contributed by atoms with van der Waals surface area (Å²) in [6.07, 6.45) is 0.787. The molecule has 0 bridgehead atoms. The number of rotatable bonds is 4. The van der Waals surface area contributed by atoms with Crippen molar-refractivity contribution >= 4 is 11.7 Å². The molecule has 0 fully saturated rings. The summed E-state index contributed by atoms with van der Waals surface area (Å²) < 4.78 is 0. The summed E-state index contributed by atoms with van der Waals surface area (Å²) in [5.74, 6) is 0.0641. The first-order valence-corrected chi connectivity index (χ1v) is 5.67. The van der Waals surface area contributed by atoms with Crippen LogP contribution in [0.2, 0.25) is 0 Å². The van der Waals surface area contributed by atoms with Crippen LogP contribution >= 0.6 is 0 Å². The van der Waals surface area contributed by atoms with Crippen LogP contribution in [0.25, 0.3) is 0 Å². The number of nitrogens with zero attached hydrogens (tertiary/aromatic N) is 2. The Bertz CT molecular complexity index is 510. The summed E-state index contributed by atoms with van der Waals surface area (Å²) >= 11 is 0. The minimum Gasteiger partial charge on any atom is -0.382 e. The maximum atomic E-state index is 11.7. The number of carbonyl (C=O) groups is 1. The molecule has 92 valence electrons. The average molecular weight is 242 g/mol. The Morgan fingerprint density at radius 2 is 1.89 bits per heavy atom. The monoisotopic (exact) mass is 242 g/mol. The molecule has 18 heavy (non-hydrogen) atoms. The summed E-state index contributed by atoms with van der Waals surface area (Å²) in [6.45, 7) is 0.564. The predicted octanol–water partition coefficient (Wildman–Crippen LogP) is 1.03. The Morgan fingerprint density at radius 3 is 2.56 bits per heavy atom. The Balaban J connectivity index is 1.84. The van der Waals surface area contributed by atoms with Gasteiger partial charge in [-0.15, -0.1) is 10.2 Å². The molecule has 0 spiro atoms. The molecule has 0 radical (unpaired) electrons. The van der Waals surface area contributed by atoms with Gasteiger partial charge in [-0.2, -0.15) is 0 Å². The van der Waals surface area contributed by atoms with Crippen molar-refractivity contribution in [2.75, 3.05) is 12.3 Å². The van der Waals surface area contributed by atoms with Crippen LogP contribution in [0.15, 0.2) is 42.5 Å². The Kier molecular flexibility index (Phi) is 3.86. The molecule has 0 saturated carbocycles. The van der Waals surface area contributed by atoms with Gasteiger partial charge in [0, 0.05) is 6.54 Å². The van der Waals surface area contributed by atoms with E-state index in [0.29, 0.717) is 12.4 Å². The summed E-state index contributed by atoms with van der Waals surface area (Å²) in [7, 11) is 0. The van der Waals surface area contributed by atoms with Crippen molar-refractivity contribution in [3.8, 4) is 0 Å². The molecule has 0 saturated heterocycles. The van der Waals surface area contributed by atoms with Crippen LogP contribution < -0.4 is 11.1 Å². The number of hydrogen-bond acceptors (Lipinski definition) is 4. The lowest BCUT2D eigenvalue weighted by molar-refractivity contribution is 0.0948. The summed E-state index contributed by atoms with van der Waals surface area (Å²) in [5, 5.41) is 10.1. The van der Waals surface area contributed by atoms with E-state index in [1.807, 2.05) is 30.3 Å². The van der Waals surface area contributed by atoms with Crippen LogP contribution in [-0.2, 0) is 6.42 Å². The number of nitrogens with two attached hydrogens (primary N) is 1. The Hall–Kier alpha value is -2.43. The van der Waals surface area contributed by atoms with Gasteiger partial charge in [0.2, 0.25) is 0 Å². The molecule has 5 heteroatoms. The van der Waals surface area contributed by atoms with Crippen LogP contribution in [0.5, 0.6) is 0 Å². The van der Waals surface area contributed by atoms with E-state index in [4.69, 9.17) is 5.73 Å². The molecule has 1 aromatic heterocycles. The predicted molar refractivity (Wildman–Crippen MR) is 68.9 cm³/mol. The average Bonchev–Trinajstić information content (AvgIpc) is 2.40. The molecule has 0 atom stereocenters. The maximum Gasteiger partial charge on any atom is 0.271 e. The second-order valence-corrected chi connectivity index (χ2v) is 3.83. The number of aromatic nitrogens is 2. The van der Waals surface area contributed by atoms with Crippen LogP contribution in [0.4, 0.5) is 5.82 Å². The zero-order chi connectivity index (χ0) is 12.8. The highest BCUT2D eigenvalue weighted by Crippen LogP contribution is 1.99. The first-order chi connectivity index (χ1) is 8.75. The van der Waals surface area contributed by atoms with Crippen molar-refractivity contribution in [2.24, 2.45) is 0 Å². The van der Waals surface area contributed by atoms with Crippen molar-refractivity contribution in [3.05, 3.63) is 53.7 Å². The Morgan fingerprint density at radius 1 is 1.11 bits per heavy atom. The largest absolute Gasteiger partial charge is 0.382 e. The van der Waals surface area contributed by atoms with Gasteiger partial charge in [0.25, 0.3) is 5.91 Å². The van der Waals surface area contributed by atoms with Gasteiger partial charge in [-0.05, 0) is 24.1 Å². The lowest BCUT2D eigenvalue weighted by Crippen LogP contribution is -2.26. The molecule has 1 heterocycles. The first kappa shape index (κ1) is 12.0. The second kappa shape index (κ2) is 5.77. The molecule has 1 amide bonds. The van der Waals surface area contributed by atoms with Gasteiger partial charge in [0.05, 0.1) is 0 Å². The van der Waals surface area contributed by atoms with Crippen molar-refractivity contribution in [3.63, 3.8) is 0 Å². The Labute approximate surface area is 105 Å². The van der Waals surface area contributed by atoms with Gasteiger partial charge >= 0.3 is 0 Å². The number of nitrogen functional groups attached to an aromatic ring is 1. The topological polar surface area (TPSA) is 80.9 Å². The van der Waals surface area contributed by atoms with Gasteiger partial charge in [0.1, 0.15) is 5.82 Å². The van der Waals surface area contributed by atoms with E-state index in [1.165, 1.54) is 5.56 Å². The lowest BCUT2D eigenvalue weighted by atomic mass is 10.1. The molecular formula is C13H14N4O. The van der Waals surface area contributed by atoms with Crippen LogP contribution in [0, 0.1) is 0 Å². The second-order valence-electron chi connectivity index (χ2n) is 3.83. The normalized spacial score (nSPS) is 10.0. The first-order valence-electron chi connectivity index (χ1n) is 5.67. The molecule has 0 aliphatic heterocycles. The number of nitrogens with one attached hydrogen (secondary N) is 1. The van der Waals surface area contributed by atoms with Crippen molar-refractivity contribution in [1.29, 1.82) is 0 Å². The van der Waals surface area contributed by atoms with E-state index in [9.17, 15) is 4.79 Å². The van der Waals surface area contributed by atoms with Gasteiger partial charge < -0.3 is 11.1 Å². The number of anilines is 1. The minimum atomic E-state index is -0.238. The van der Waals surface area contributed by atoms with E-state index >= 15 is 0 Å². The van der Waals surface area contributed by atoms with Gasteiger partial charge in [-0.1, -0.05) is 30.3 Å². The van der Waals surface area contributed by atoms with E-state index in [1.54, 1.807) is 12.1 Å². The molecule has 1 aromatic carbocycles. The smallest absolute Gasteiger partial charge is 0.271 e. The van der Waals surface area contributed by atoms with Crippen LogP contribution in [-0.4, -0.2) is 22.6 Å². The summed E-state index contributed by atoms with van der Waals surface area (Å²) in [4.78, 5) is 11.7. The van der Waals surface area contributed by atoms with Crippen molar-refractivity contribution < 1.29 is 4.79 Å². The molecular weight excluding hydrogens is 228 g/mol. The molecule has 0 aliphatic carbocycles. The SMILES string of the molecule is Nc1ccc(C(=O)NCCc2ccccc2)nn1. The maximum absolute atomic E-state index is 11.7. The van der Waals surface area contributed by atoms with E-state index in [0.717, 1.165) is 6.42 Å². The zero-order valence-electron chi connectivity index (χ0n) is 9.84. The number of hydrogen-bond donors (Lipinski definition) is 2. The minimum absolute atomic E-state index is 0.238. The lowest BCUT2D eigenvalue weighted by Gasteiger charge is -2.04. The quantitative estimate of drug-likeness (QED) is 0.839. The fraction of sp³-hybridized carbons (Fsp3) is 0.154. The van der Waals surface area contributed by atoms with E-state index in [-0.39, 0.29) is 11.6 Å². The molecule has 2 aromatic rings. The van der Waals surface area contributed by atoms with Crippen LogP contribution in [0.1, 0.15) is 16.1 Å². The fourth-order valence-electron chi connectivity index (χ4n) is 1.52. The van der Waals surface area contributed by atoms with Gasteiger partial charge in [-0.3, -0.25) is 4.79 Å². The zero-order valence-corrected chi connectivity index (χ0v) is 9.84.